The van der Waals surface area contributed by atoms with Crippen molar-refractivity contribution in [1.29, 1.82) is 0 Å². The van der Waals surface area contributed by atoms with Crippen molar-refractivity contribution in [2.24, 2.45) is 23.7 Å². The lowest BCUT2D eigenvalue weighted by Gasteiger charge is -2.40. The number of ketones is 1. The molecule has 2 saturated heterocycles. The first-order valence-corrected chi connectivity index (χ1v) is 9.19. The van der Waals surface area contributed by atoms with Crippen LogP contribution >= 0.6 is 0 Å². The Morgan fingerprint density at radius 3 is 2.64 bits per heavy atom. The average molecular weight is 304 g/mol. The maximum absolute atomic E-state index is 12.2. The van der Waals surface area contributed by atoms with Gasteiger partial charge in [-0.25, -0.2) is 0 Å². The predicted octanol–water partition coefficient (Wildman–Crippen LogP) is 4.92. The van der Waals surface area contributed by atoms with Crippen LogP contribution in [0.4, 0.5) is 0 Å². The molecule has 0 N–H and O–H groups in total. The highest BCUT2D eigenvalue weighted by Gasteiger charge is 2.64. The van der Waals surface area contributed by atoms with Crippen molar-refractivity contribution in [1.82, 2.24) is 0 Å². The topological polar surface area (TPSA) is 26.3 Å². The molecule has 0 spiro atoms. The van der Waals surface area contributed by atoms with Crippen molar-refractivity contribution in [3.63, 3.8) is 0 Å². The van der Waals surface area contributed by atoms with Gasteiger partial charge in [-0.1, -0.05) is 32.4 Å². The summed E-state index contributed by atoms with van der Waals surface area (Å²) >= 11 is 0. The highest BCUT2D eigenvalue weighted by Crippen LogP contribution is 2.62. The molecule has 1 aliphatic carbocycles. The lowest BCUT2D eigenvalue weighted by Crippen LogP contribution is -2.42. The summed E-state index contributed by atoms with van der Waals surface area (Å²) in [4.78, 5) is 12.2. The van der Waals surface area contributed by atoms with Crippen LogP contribution < -0.4 is 0 Å². The molecule has 0 aromatic rings. The quantitative estimate of drug-likeness (QED) is 0.643. The molecule has 3 rings (SSSR count). The number of carbonyl (C=O) groups is 1. The van der Waals surface area contributed by atoms with Gasteiger partial charge in [-0.3, -0.25) is 4.79 Å². The maximum Gasteiger partial charge on any atom is 0.136 e. The van der Waals surface area contributed by atoms with Crippen molar-refractivity contribution >= 4 is 5.78 Å². The van der Waals surface area contributed by atoms with Crippen LogP contribution in [-0.4, -0.2) is 17.0 Å². The van der Waals surface area contributed by atoms with E-state index >= 15 is 0 Å². The Labute approximate surface area is 135 Å². The molecule has 2 fully saturated rings. The van der Waals surface area contributed by atoms with Gasteiger partial charge in [0.1, 0.15) is 5.78 Å². The summed E-state index contributed by atoms with van der Waals surface area (Å²) in [5.41, 5.74) is 1.44. The molecule has 0 aromatic heterocycles. The van der Waals surface area contributed by atoms with Crippen LogP contribution in [0.2, 0.25) is 0 Å². The number of hydrogen-bond donors (Lipinski definition) is 0. The number of hydrogen-bond acceptors (Lipinski definition) is 2. The van der Waals surface area contributed by atoms with Gasteiger partial charge in [-0.05, 0) is 57.8 Å². The summed E-state index contributed by atoms with van der Waals surface area (Å²) in [7, 11) is 0. The zero-order valence-electron chi connectivity index (χ0n) is 14.9. The van der Waals surface area contributed by atoms with Crippen molar-refractivity contribution in [3.05, 3.63) is 11.6 Å². The van der Waals surface area contributed by atoms with E-state index in [1.54, 1.807) is 0 Å². The van der Waals surface area contributed by atoms with E-state index in [2.05, 4.69) is 40.7 Å². The lowest BCUT2D eigenvalue weighted by molar-refractivity contribution is -0.122. The second kappa shape index (κ2) is 5.47. The van der Waals surface area contributed by atoms with Gasteiger partial charge in [0.05, 0.1) is 11.2 Å². The predicted molar refractivity (Wildman–Crippen MR) is 89.7 cm³/mol. The van der Waals surface area contributed by atoms with E-state index in [0.717, 1.165) is 19.3 Å². The fourth-order valence-electron chi connectivity index (χ4n) is 5.28. The third-order valence-corrected chi connectivity index (χ3v) is 6.88. The van der Waals surface area contributed by atoms with Crippen LogP contribution in [-0.2, 0) is 9.53 Å². The Hall–Kier alpha value is -0.630. The highest BCUT2D eigenvalue weighted by atomic mass is 16.5. The fourth-order valence-corrected chi connectivity index (χ4v) is 5.28. The van der Waals surface area contributed by atoms with Gasteiger partial charge in [0, 0.05) is 18.3 Å². The maximum atomic E-state index is 12.2. The second-order valence-electron chi connectivity index (χ2n) is 8.61. The Bertz CT molecular complexity index is 492. The van der Waals surface area contributed by atoms with Gasteiger partial charge < -0.3 is 4.74 Å². The van der Waals surface area contributed by atoms with E-state index in [0.29, 0.717) is 30.0 Å². The van der Waals surface area contributed by atoms with E-state index in [1.165, 1.54) is 18.4 Å². The molecule has 2 aliphatic heterocycles. The normalized spacial score (nSPS) is 48.2. The SMILES string of the molecule is C/C1=C/[C@H]2[C@@H](CC[C@@H](C)C(=O)CC1)[C@@]1(C)CC[C@]2(C(C)C)O1. The molecule has 5 atom stereocenters. The molecule has 0 unspecified atom stereocenters. The molecule has 2 heteroatoms. The van der Waals surface area contributed by atoms with Gasteiger partial charge in [0.2, 0.25) is 0 Å². The summed E-state index contributed by atoms with van der Waals surface area (Å²) in [5.74, 6) is 2.32. The molecule has 2 nitrogen and oxygen atoms in total. The summed E-state index contributed by atoms with van der Waals surface area (Å²) in [6.07, 6.45) is 8.66. The van der Waals surface area contributed by atoms with Crippen LogP contribution in [0.25, 0.3) is 0 Å². The van der Waals surface area contributed by atoms with Crippen LogP contribution in [0.15, 0.2) is 11.6 Å². The zero-order chi connectivity index (χ0) is 16.1. The van der Waals surface area contributed by atoms with E-state index in [4.69, 9.17) is 4.74 Å². The molecule has 3 aliphatic rings. The Balaban J connectivity index is 1.98. The Morgan fingerprint density at radius 1 is 1.23 bits per heavy atom. The number of ether oxygens (including phenoxy) is 1. The molecule has 0 radical (unpaired) electrons. The summed E-state index contributed by atoms with van der Waals surface area (Å²) in [6, 6.07) is 0. The van der Waals surface area contributed by atoms with Crippen molar-refractivity contribution < 1.29 is 9.53 Å². The van der Waals surface area contributed by atoms with Gasteiger partial charge >= 0.3 is 0 Å². The third kappa shape index (κ3) is 2.38. The van der Waals surface area contributed by atoms with Gasteiger partial charge in [-0.15, -0.1) is 0 Å². The summed E-state index contributed by atoms with van der Waals surface area (Å²) in [5, 5.41) is 0. The van der Waals surface area contributed by atoms with Gasteiger partial charge in [0.25, 0.3) is 0 Å². The first kappa shape index (κ1) is 16.2. The lowest BCUT2D eigenvalue weighted by atomic mass is 9.61. The van der Waals surface area contributed by atoms with E-state index in [-0.39, 0.29) is 17.1 Å². The largest absolute Gasteiger partial charge is 0.368 e. The standard InChI is InChI=1S/C20H32O2/c1-13(2)20-11-10-19(5,22-20)16-8-7-15(4)18(21)9-6-14(3)12-17(16)20/h12-13,15-17H,6-11H2,1-5H3/b14-12-/t15-,16-,17+,19-,20-/m1/s1. The van der Waals surface area contributed by atoms with Crippen molar-refractivity contribution in [3.8, 4) is 0 Å². The molecule has 22 heavy (non-hydrogen) atoms. The molecule has 124 valence electrons. The van der Waals surface area contributed by atoms with Crippen molar-refractivity contribution in [2.75, 3.05) is 0 Å². The smallest absolute Gasteiger partial charge is 0.136 e. The molecule has 0 aromatic carbocycles. The minimum atomic E-state index is 0.0215. The Morgan fingerprint density at radius 2 is 1.95 bits per heavy atom. The highest BCUT2D eigenvalue weighted by molar-refractivity contribution is 5.80. The molecular formula is C20H32O2. The zero-order valence-corrected chi connectivity index (χ0v) is 14.9. The second-order valence-corrected chi connectivity index (χ2v) is 8.61. The summed E-state index contributed by atoms with van der Waals surface area (Å²) < 4.78 is 6.73. The first-order chi connectivity index (χ1) is 10.3. The number of rotatable bonds is 1. The monoisotopic (exact) mass is 304 g/mol. The van der Waals surface area contributed by atoms with Crippen LogP contribution in [0.5, 0.6) is 0 Å². The van der Waals surface area contributed by atoms with Crippen molar-refractivity contribution in [2.45, 2.75) is 84.3 Å². The molecule has 2 heterocycles. The number of fused-ring (bicyclic) bond motifs is 5. The van der Waals surface area contributed by atoms with E-state index in [9.17, 15) is 4.79 Å². The Kier molecular flexibility index (Phi) is 4.04. The number of carbonyl (C=O) groups excluding carboxylic acids is 1. The average Bonchev–Trinajstić information content (AvgIpc) is 2.93. The third-order valence-electron chi connectivity index (χ3n) is 6.88. The van der Waals surface area contributed by atoms with Crippen LogP contribution in [0.1, 0.15) is 73.1 Å². The fraction of sp³-hybridized carbons (Fsp3) is 0.850. The van der Waals surface area contributed by atoms with Gasteiger partial charge in [-0.2, -0.15) is 0 Å². The molecule has 0 amide bonds. The minimum Gasteiger partial charge on any atom is -0.368 e. The van der Waals surface area contributed by atoms with Crippen LogP contribution in [0, 0.1) is 23.7 Å². The van der Waals surface area contributed by atoms with E-state index in [1.807, 2.05) is 0 Å². The van der Waals surface area contributed by atoms with Crippen LogP contribution in [0.3, 0.4) is 0 Å². The van der Waals surface area contributed by atoms with E-state index < -0.39 is 0 Å². The molecular weight excluding hydrogens is 272 g/mol. The van der Waals surface area contributed by atoms with Gasteiger partial charge in [0.15, 0.2) is 0 Å². The minimum absolute atomic E-state index is 0.0215. The summed E-state index contributed by atoms with van der Waals surface area (Å²) in [6.45, 7) is 11.3. The molecule has 0 saturated carbocycles. The first-order valence-electron chi connectivity index (χ1n) is 9.19. The molecule has 2 bridgehead atoms. The number of Topliss-reactive ketones (excluding diaryl/α,β-unsaturated/α-hetero) is 1. The number of allylic oxidation sites excluding steroid dienone is 1.